The van der Waals surface area contributed by atoms with E-state index in [4.69, 9.17) is 14.7 Å². The van der Waals surface area contributed by atoms with Crippen molar-refractivity contribution in [3.05, 3.63) is 57.7 Å². The molecule has 0 aliphatic carbocycles. The SMILES string of the molecule is CCCC(C)(C)Cc1c(-c2cc(C3CCN(C)CC3)cnc2C(C)OC)n(CC)c2ccc(-c3csc(CC(C=O)CC)n3)cc12. The van der Waals surface area contributed by atoms with E-state index in [1.165, 1.54) is 33.3 Å². The summed E-state index contributed by atoms with van der Waals surface area (Å²) in [6, 6.07) is 9.34. The first-order valence-corrected chi connectivity index (χ1v) is 18.3. The van der Waals surface area contributed by atoms with Gasteiger partial charge in [0.25, 0.3) is 0 Å². The second-order valence-electron chi connectivity index (χ2n) is 14.2. The molecule has 0 spiro atoms. The number of pyridine rings is 1. The van der Waals surface area contributed by atoms with Crippen molar-refractivity contribution in [2.24, 2.45) is 11.3 Å². The first kappa shape index (κ1) is 34.5. The molecule has 5 rings (SSSR count). The molecule has 0 amide bonds. The molecule has 4 aromatic rings. The van der Waals surface area contributed by atoms with Crippen LogP contribution >= 0.6 is 11.3 Å². The second-order valence-corrected chi connectivity index (χ2v) is 15.1. The zero-order valence-electron chi connectivity index (χ0n) is 29.4. The van der Waals surface area contributed by atoms with Crippen LogP contribution in [0.5, 0.6) is 0 Å². The number of piperidine rings is 1. The molecule has 0 bridgehead atoms. The molecule has 2 atom stereocenters. The summed E-state index contributed by atoms with van der Waals surface area (Å²) in [6.45, 7) is 16.7. The Labute approximate surface area is 280 Å². The number of aryl methyl sites for hydroxylation is 1. The van der Waals surface area contributed by atoms with E-state index in [1.807, 2.05) is 0 Å². The van der Waals surface area contributed by atoms with Crippen LogP contribution in [-0.2, 0) is 28.9 Å². The molecule has 1 aliphatic rings. The van der Waals surface area contributed by atoms with E-state index in [1.54, 1.807) is 18.4 Å². The van der Waals surface area contributed by atoms with Gasteiger partial charge in [0.05, 0.1) is 28.2 Å². The van der Waals surface area contributed by atoms with Crippen LogP contribution in [0.4, 0.5) is 0 Å². The maximum absolute atomic E-state index is 11.5. The molecule has 7 heteroatoms. The molecule has 3 aromatic heterocycles. The van der Waals surface area contributed by atoms with Gasteiger partial charge < -0.3 is 19.0 Å². The van der Waals surface area contributed by atoms with E-state index in [0.29, 0.717) is 12.3 Å². The molecule has 2 unspecified atom stereocenters. The molecule has 1 aromatic carbocycles. The fraction of sp³-hybridized carbons (Fsp3) is 0.564. The van der Waals surface area contributed by atoms with Crippen LogP contribution in [0.2, 0.25) is 0 Å². The smallest absolute Gasteiger partial charge is 0.123 e. The van der Waals surface area contributed by atoms with Gasteiger partial charge in [0.15, 0.2) is 0 Å². The number of carbonyl (C=O) groups excluding carboxylic acids is 1. The van der Waals surface area contributed by atoms with Crippen LogP contribution < -0.4 is 0 Å². The number of nitrogens with zero attached hydrogens (tertiary/aromatic N) is 4. The molecular weight excluding hydrogens is 589 g/mol. The molecule has 6 nitrogen and oxygen atoms in total. The molecule has 0 saturated carbocycles. The molecule has 1 fully saturated rings. The van der Waals surface area contributed by atoms with Gasteiger partial charge in [0, 0.05) is 59.6 Å². The lowest BCUT2D eigenvalue weighted by atomic mass is 9.80. The van der Waals surface area contributed by atoms with Gasteiger partial charge in [-0.2, -0.15) is 0 Å². The van der Waals surface area contributed by atoms with Crippen LogP contribution in [0, 0.1) is 11.3 Å². The van der Waals surface area contributed by atoms with Crippen molar-refractivity contribution in [2.75, 3.05) is 27.2 Å². The van der Waals surface area contributed by atoms with E-state index in [-0.39, 0.29) is 17.4 Å². The number of aldehydes is 1. The van der Waals surface area contributed by atoms with Crippen molar-refractivity contribution >= 4 is 28.5 Å². The quantitative estimate of drug-likeness (QED) is 0.128. The highest BCUT2D eigenvalue weighted by molar-refractivity contribution is 7.09. The molecule has 0 N–H and O–H groups in total. The minimum atomic E-state index is -0.122. The summed E-state index contributed by atoms with van der Waals surface area (Å²) >= 11 is 1.66. The Morgan fingerprint density at radius 2 is 1.91 bits per heavy atom. The number of aromatic nitrogens is 3. The van der Waals surface area contributed by atoms with Crippen molar-refractivity contribution < 1.29 is 9.53 Å². The standard InChI is InChI=1S/C39H54N4O2S/c1-9-16-39(5,6)22-33-31-20-29(34-25-46-36(41-34)19-27(10-2)24-44)12-13-35(31)43(11-3)38(33)32-21-30(23-40-37(32)26(4)45-8)28-14-17-42(7)18-15-28/h12-13,20-21,23-28H,9-11,14-19,22H2,1-8H3. The minimum Gasteiger partial charge on any atom is -0.375 e. The lowest BCUT2D eigenvalue weighted by Gasteiger charge is -2.30. The number of benzene rings is 1. The number of fused-ring (bicyclic) bond motifs is 1. The van der Waals surface area contributed by atoms with Gasteiger partial charge in [0.2, 0.25) is 0 Å². The molecule has 46 heavy (non-hydrogen) atoms. The zero-order chi connectivity index (χ0) is 33.0. The number of carbonyl (C=O) groups is 1. The monoisotopic (exact) mass is 642 g/mol. The molecule has 1 aliphatic heterocycles. The number of hydrogen-bond donors (Lipinski definition) is 0. The lowest BCUT2D eigenvalue weighted by molar-refractivity contribution is -0.111. The summed E-state index contributed by atoms with van der Waals surface area (Å²) in [4.78, 5) is 24.1. The largest absolute Gasteiger partial charge is 0.375 e. The second kappa shape index (κ2) is 14.9. The predicted octanol–water partition coefficient (Wildman–Crippen LogP) is 9.50. The molecule has 1 saturated heterocycles. The Morgan fingerprint density at radius 3 is 2.57 bits per heavy atom. The fourth-order valence-corrected chi connectivity index (χ4v) is 8.27. The molecule has 0 radical (unpaired) electrons. The van der Waals surface area contributed by atoms with Gasteiger partial charge in [0.1, 0.15) is 6.29 Å². The number of methoxy groups -OCH3 is 1. The highest BCUT2D eigenvalue weighted by Crippen LogP contribution is 2.44. The number of likely N-dealkylation sites (tertiary alicyclic amines) is 1. The highest BCUT2D eigenvalue weighted by Gasteiger charge is 2.29. The van der Waals surface area contributed by atoms with Crippen LogP contribution in [0.15, 0.2) is 35.8 Å². The topological polar surface area (TPSA) is 60.2 Å². The summed E-state index contributed by atoms with van der Waals surface area (Å²) in [5.74, 6) is 0.545. The number of hydrogen-bond acceptors (Lipinski definition) is 6. The Bertz CT molecular complexity index is 1630. The summed E-state index contributed by atoms with van der Waals surface area (Å²) in [7, 11) is 4.01. The zero-order valence-corrected chi connectivity index (χ0v) is 30.2. The Kier molecular flexibility index (Phi) is 11.2. The maximum Gasteiger partial charge on any atom is 0.123 e. The third-order valence-corrected chi connectivity index (χ3v) is 11.1. The average Bonchev–Trinajstić information content (AvgIpc) is 3.65. The highest BCUT2D eigenvalue weighted by atomic mass is 32.1. The van der Waals surface area contributed by atoms with Gasteiger partial charge >= 0.3 is 0 Å². The van der Waals surface area contributed by atoms with E-state index >= 15 is 0 Å². The Balaban J connectivity index is 1.71. The number of thiazole rings is 1. The van der Waals surface area contributed by atoms with Crippen molar-refractivity contribution in [1.29, 1.82) is 0 Å². The molecular formula is C39H54N4O2S. The first-order valence-electron chi connectivity index (χ1n) is 17.4. The minimum absolute atomic E-state index is 0.0256. The molecule has 248 valence electrons. The number of ether oxygens (including phenoxy) is 1. The van der Waals surface area contributed by atoms with Crippen molar-refractivity contribution in [3.8, 4) is 22.5 Å². The van der Waals surface area contributed by atoms with Gasteiger partial charge in [-0.25, -0.2) is 4.98 Å². The normalized spacial score (nSPS) is 16.3. The van der Waals surface area contributed by atoms with Crippen LogP contribution in [0.3, 0.4) is 0 Å². The van der Waals surface area contributed by atoms with Crippen LogP contribution in [-0.4, -0.2) is 53.0 Å². The summed E-state index contributed by atoms with van der Waals surface area (Å²) in [5.41, 5.74) is 9.77. The van der Waals surface area contributed by atoms with Crippen molar-refractivity contribution in [1.82, 2.24) is 19.4 Å². The molecule has 4 heterocycles. The maximum atomic E-state index is 11.5. The predicted molar refractivity (Wildman–Crippen MR) is 193 cm³/mol. The summed E-state index contributed by atoms with van der Waals surface area (Å²) in [6.07, 6.45) is 10.2. The summed E-state index contributed by atoms with van der Waals surface area (Å²) < 4.78 is 8.45. The van der Waals surface area contributed by atoms with Crippen LogP contribution in [0.25, 0.3) is 33.4 Å². The van der Waals surface area contributed by atoms with Gasteiger partial charge in [-0.05, 0) is 107 Å². The Morgan fingerprint density at radius 1 is 1.15 bits per heavy atom. The van der Waals surface area contributed by atoms with Gasteiger partial charge in [-0.1, -0.05) is 40.2 Å². The first-order chi connectivity index (χ1) is 22.1. The Hall–Kier alpha value is -2.87. The fourth-order valence-electron chi connectivity index (χ4n) is 7.37. The third-order valence-electron chi connectivity index (χ3n) is 10.2. The summed E-state index contributed by atoms with van der Waals surface area (Å²) in [5, 5.41) is 4.48. The van der Waals surface area contributed by atoms with Crippen molar-refractivity contribution in [3.63, 3.8) is 0 Å². The van der Waals surface area contributed by atoms with Gasteiger partial charge in [-0.3, -0.25) is 4.98 Å². The third kappa shape index (κ3) is 7.32. The van der Waals surface area contributed by atoms with E-state index in [9.17, 15) is 4.79 Å². The van der Waals surface area contributed by atoms with E-state index in [0.717, 1.165) is 86.4 Å². The van der Waals surface area contributed by atoms with Crippen LogP contribution in [0.1, 0.15) is 107 Å². The van der Waals surface area contributed by atoms with E-state index in [2.05, 4.69) is 93.9 Å². The average molecular weight is 643 g/mol. The lowest BCUT2D eigenvalue weighted by Crippen LogP contribution is -2.29. The van der Waals surface area contributed by atoms with Crippen molar-refractivity contribution in [2.45, 2.75) is 105 Å². The number of rotatable bonds is 14. The van der Waals surface area contributed by atoms with E-state index < -0.39 is 0 Å². The van der Waals surface area contributed by atoms with Gasteiger partial charge in [-0.15, -0.1) is 11.3 Å².